The van der Waals surface area contributed by atoms with E-state index in [1.54, 1.807) is 7.11 Å². The van der Waals surface area contributed by atoms with Gasteiger partial charge < -0.3 is 14.6 Å². The molecule has 2 aromatic rings. The van der Waals surface area contributed by atoms with Gasteiger partial charge in [-0.05, 0) is 18.6 Å². The lowest BCUT2D eigenvalue weighted by molar-refractivity contribution is 0.414. The summed E-state index contributed by atoms with van der Waals surface area (Å²) in [6, 6.07) is 8.24. The Morgan fingerprint density at radius 1 is 1.40 bits per heavy atom. The van der Waals surface area contributed by atoms with Crippen molar-refractivity contribution in [3.05, 3.63) is 41.5 Å². The van der Waals surface area contributed by atoms with Gasteiger partial charge in [-0.2, -0.15) is 0 Å². The van der Waals surface area contributed by atoms with Crippen molar-refractivity contribution in [2.24, 2.45) is 0 Å². The van der Waals surface area contributed by atoms with Crippen LogP contribution in [0.15, 0.2) is 24.3 Å². The molecule has 106 valence electrons. The lowest BCUT2D eigenvalue weighted by Gasteiger charge is -2.16. The summed E-state index contributed by atoms with van der Waals surface area (Å²) in [6.07, 6.45) is 3.14. The second-order valence-electron chi connectivity index (χ2n) is 5.14. The average molecular weight is 271 g/mol. The minimum absolute atomic E-state index is 0.878. The maximum absolute atomic E-state index is 5.35. The molecule has 1 aromatic heterocycles. The summed E-state index contributed by atoms with van der Waals surface area (Å²) in [5.74, 6) is 2.05. The van der Waals surface area contributed by atoms with Crippen LogP contribution in [0.2, 0.25) is 0 Å². The van der Waals surface area contributed by atoms with Crippen molar-refractivity contribution in [2.45, 2.75) is 32.7 Å². The minimum atomic E-state index is 0.878. The molecule has 0 atom stereocenters. The third kappa shape index (κ3) is 2.31. The SMILES string of the molecule is CCCc1nc2c(n1-c1cccc(OC)c1)CCNC2. The molecule has 0 radical (unpaired) electrons. The third-order valence-electron chi connectivity index (χ3n) is 3.74. The number of aryl methyl sites for hydroxylation is 1. The predicted molar refractivity (Wildman–Crippen MR) is 79.5 cm³/mol. The van der Waals surface area contributed by atoms with Gasteiger partial charge in [-0.1, -0.05) is 13.0 Å². The zero-order chi connectivity index (χ0) is 13.9. The molecule has 1 aliphatic heterocycles. The standard InChI is InChI=1S/C16H21N3O/c1-3-5-16-18-14-11-17-9-8-15(14)19(16)12-6-4-7-13(10-12)20-2/h4,6-7,10,17H,3,5,8-9,11H2,1-2H3. The molecule has 4 nitrogen and oxygen atoms in total. The largest absolute Gasteiger partial charge is 0.497 e. The van der Waals surface area contributed by atoms with Gasteiger partial charge in [0.05, 0.1) is 18.5 Å². The van der Waals surface area contributed by atoms with Crippen LogP contribution in [-0.2, 0) is 19.4 Å². The van der Waals surface area contributed by atoms with Crippen LogP contribution in [0.1, 0.15) is 30.6 Å². The summed E-state index contributed by atoms with van der Waals surface area (Å²) in [7, 11) is 1.71. The van der Waals surface area contributed by atoms with Gasteiger partial charge in [-0.3, -0.25) is 0 Å². The Balaban J connectivity index is 2.12. The number of fused-ring (bicyclic) bond motifs is 1. The first-order chi connectivity index (χ1) is 9.83. The summed E-state index contributed by atoms with van der Waals surface area (Å²) in [6.45, 7) is 4.10. The van der Waals surface area contributed by atoms with Crippen molar-refractivity contribution in [2.75, 3.05) is 13.7 Å². The first-order valence-electron chi connectivity index (χ1n) is 7.28. The van der Waals surface area contributed by atoms with Crippen LogP contribution in [0.4, 0.5) is 0 Å². The van der Waals surface area contributed by atoms with Crippen LogP contribution in [0.5, 0.6) is 5.75 Å². The van der Waals surface area contributed by atoms with E-state index in [2.05, 4.69) is 28.9 Å². The van der Waals surface area contributed by atoms with Crippen LogP contribution in [0.25, 0.3) is 5.69 Å². The summed E-state index contributed by atoms with van der Waals surface area (Å²) >= 11 is 0. The van der Waals surface area contributed by atoms with Crippen LogP contribution >= 0.6 is 0 Å². The topological polar surface area (TPSA) is 39.1 Å². The van der Waals surface area contributed by atoms with E-state index in [9.17, 15) is 0 Å². The number of benzene rings is 1. The number of rotatable bonds is 4. The molecular formula is C16H21N3O. The molecule has 0 spiro atoms. The van der Waals surface area contributed by atoms with E-state index in [-0.39, 0.29) is 0 Å². The van der Waals surface area contributed by atoms with Crippen molar-refractivity contribution in [3.8, 4) is 11.4 Å². The monoisotopic (exact) mass is 271 g/mol. The molecule has 1 aliphatic rings. The van der Waals surface area contributed by atoms with E-state index in [4.69, 9.17) is 9.72 Å². The van der Waals surface area contributed by atoms with Gasteiger partial charge in [0.1, 0.15) is 11.6 Å². The first kappa shape index (κ1) is 13.2. The summed E-state index contributed by atoms with van der Waals surface area (Å²) in [5, 5.41) is 3.40. The zero-order valence-electron chi connectivity index (χ0n) is 12.1. The Hall–Kier alpha value is -1.81. The van der Waals surface area contributed by atoms with Crippen LogP contribution in [-0.4, -0.2) is 23.2 Å². The van der Waals surface area contributed by atoms with E-state index in [1.807, 2.05) is 12.1 Å². The molecule has 4 heteroatoms. The third-order valence-corrected chi connectivity index (χ3v) is 3.74. The van der Waals surface area contributed by atoms with E-state index < -0.39 is 0 Å². The van der Waals surface area contributed by atoms with E-state index in [1.165, 1.54) is 11.4 Å². The summed E-state index contributed by atoms with van der Waals surface area (Å²) < 4.78 is 7.67. The quantitative estimate of drug-likeness (QED) is 0.928. The highest BCUT2D eigenvalue weighted by atomic mass is 16.5. The zero-order valence-corrected chi connectivity index (χ0v) is 12.1. The fraction of sp³-hybridized carbons (Fsp3) is 0.438. The Bertz CT molecular complexity index is 604. The molecule has 20 heavy (non-hydrogen) atoms. The number of hydrogen-bond donors (Lipinski definition) is 1. The number of nitrogens with zero attached hydrogens (tertiary/aromatic N) is 2. The van der Waals surface area contributed by atoms with Crippen molar-refractivity contribution < 1.29 is 4.74 Å². The van der Waals surface area contributed by atoms with Crippen LogP contribution in [0.3, 0.4) is 0 Å². The summed E-state index contributed by atoms with van der Waals surface area (Å²) in [4.78, 5) is 4.83. The van der Waals surface area contributed by atoms with Gasteiger partial charge in [0, 0.05) is 37.7 Å². The minimum Gasteiger partial charge on any atom is -0.497 e. The molecule has 0 saturated heterocycles. The normalized spacial score (nSPS) is 14.1. The molecule has 1 N–H and O–H groups in total. The number of ether oxygens (including phenoxy) is 1. The van der Waals surface area contributed by atoms with Gasteiger partial charge in [0.2, 0.25) is 0 Å². The van der Waals surface area contributed by atoms with Crippen LogP contribution < -0.4 is 10.1 Å². The lowest BCUT2D eigenvalue weighted by atomic mass is 10.1. The number of hydrogen-bond acceptors (Lipinski definition) is 3. The fourth-order valence-corrected chi connectivity index (χ4v) is 2.81. The Kier molecular flexibility index (Phi) is 3.74. The highest BCUT2D eigenvalue weighted by molar-refractivity contribution is 5.43. The highest BCUT2D eigenvalue weighted by Crippen LogP contribution is 2.24. The van der Waals surface area contributed by atoms with Gasteiger partial charge in [-0.15, -0.1) is 0 Å². The lowest BCUT2D eigenvalue weighted by Crippen LogP contribution is -2.24. The molecule has 0 bridgehead atoms. The molecule has 0 unspecified atom stereocenters. The molecule has 0 aliphatic carbocycles. The maximum Gasteiger partial charge on any atom is 0.120 e. The van der Waals surface area contributed by atoms with Crippen molar-refractivity contribution >= 4 is 0 Å². The Morgan fingerprint density at radius 3 is 3.10 bits per heavy atom. The Morgan fingerprint density at radius 2 is 2.30 bits per heavy atom. The molecular weight excluding hydrogens is 250 g/mol. The Labute approximate surface area is 119 Å². The van der Waals surface area contributed by atoms with Gasteiger partial charge in [0.15, 0.2) is 0 Å². The predicted octanol–water partition coefficient (Wildman–Crippen LogP) is 2.48. The van der Waals surface area contributed by atoms with Gasteiger partial charge in [-0.25, -0.2) is 4.98 Å². The number of methoxy groups -OCH3 is 1. The number of aromatic nitrogens is 2. The van der Waals surface area contributed by atoms with Crippen molar-refractivity contribution in [1.29, 1.82) is 0 Å². The number of imidazole rings is 1. The second kappa shape index (κ2) is 5.67. The van der Waals surface area contributed by atoms with Gasteiger partial charge in [0.25, 0.3) is 0 Å². The molecule has 0 fully saturated rings. The van der Waals surface area contributed by atoms with Crippen LogP contribution in [0, 0.1) is 0 Å². The number of nitrogens with one attached hydrogen (secondary N) is 1. The molecule has 0 saturated carbocycles. The van der Waals surface area contributed by atoms with E-state index in [0.29, 0.717) is 0 Å². The molecule has 1 aromatic carbocycles. The van der Waals surface area contributed by atoms with Crippen molar-refractivity contribution in [3.63, 3.8) is 0 Å². The van der Waals surface area contributed by atoms with Gasteiger partial charge >= 0.3 is 0 Å². The van der Waals surface area contributed by atoms with Crippen molar-refractivity contribution in [1.82, 2.24) is 14.9 Å². The second-order valence-corrected chi connectivity index (χ2v) is 5.14. The fourth-order valence-electron chi connectivity index (χ4n) is 2.81. The maximum atomic E-state index is 5.35. The molecule has 3 rings (SSSR count). The highest BCUT2D eigenvalue weighted by Gasteiger charge is 2.20. The summed E-state index contributed by atoms with van der Waals surface area (Å²) in [5.41, 5.74) is 3.70. The molecule has 2 heterocycles. The molecule has 0 amide bonds. The first-order valence-corrected chi connectivity index (χ1v) is 7.28. The average Bonchev–Trinajstić information content (AvgIpc) is 2.85. The van der Waals surface area contributed by atoms with E-state index >= 15 is 0 Å². The van der Waals surface area contributed by atoms with E-state index in [0.717, 1.165) is 49.6 Å². The smallest absolute Gasteiger partial charge is 0.120 e.